The van der Waals surface area contributed by atoms with E-state index in [9.17, 15) is 9.59 Å². The average molecular weight is 406 g/mol. The molecule has 2 aliphatic heterocycles. The van der Waals surface area contributed by atoms with Gasteiger partial charge in [0, 0.05) is 30.2 Å². The molecule has 2 aliphatic rings. The maximum atomic E-state index is 12.9. The van der Waals surface area contributed by atoms with E-state index in [-0.39, 0.29) is 18.0 Å². The van der Waals surface area contributed by atoms with Crippen LogP contribution in [0.25, 0.3) is 10.8 Å². The first-order valence-corrected chi connectivity index (χ1v) is 10.1. The third kappa shape index (κ3) is 3.45. The monoisotopic (exact) mass is 406 g/mol. The van der Waals surface area contributed by atoms with E-state index in [1.54, 1.807) is 24.3 Å². The minimum Gasteiger partial charge on any atom is -0.486 e. The van der Waals surface area contributed by atoms with Gasteiger partial charge in [-0.15, -0.1) is 0 Å². The van der Waals surface area contributed by atoms with Crippen molar-refractivity contribution in [2.24, 2.45) is 0 Å². The van der Waals surface area contributed by atoms with E-state index < -0.39 is 0 Å². The summed E-state index contributed by atoms with van der Waals surface area (Å²) >= 11 is 0. The maximum Gasteiger partial charge on any atom is 0.275 e. The molecule has 0 bridgehead atoms. The normalized spacial score (nSPS) is 15.4. The summed E-state index contributed by atoms with van der Waals surface area (Å²) in [6.07, 6.45) is 2.19. The number of nitrogens with one attached hydrogen (secondary N) is 1. The van der Waals surface area contributed by atoms with Crippen LogP contribution < -0.4 is 25.2 Å². The van der Waals surface area contributed by atoms with Gasteiger partial charge in [0.1, 0.15) is 19.8 Å². The Bertz CT molecular complexity index is 1170. The van der Waals surface area contributed by atoms with Crippen LogP contribution >= 0.6 is 0 Å². The SMILES string of the molecule is O=C(Cn1nc(N2CCCC2)c2ccccc2c1=O)Nc1ccc2c(c1)OCCO2. The Labute approximate surface area is 173 Å². The summed E-state index contributed by atoms with van der Waals surface area (Å²) in [5.41, 5.74) is 0.309. The third-order valence-electron chi connectivity index (χ3n) is 5.37. The van der Waals surface area contributed by atoms with Gasteiger partial charge in [-0.05, 0) is 31.0 Å². The van der Waals surface area contributed by atoms with Crippen molar-refractivity contribution >= 4 is 28.2 Å². The number of rotatable bonds is 4. The Kier molecular flexibility index (Phi) is 4.74. The molecule has 0 atom stereocenters. The maximum absolute atomic E-state index is 12.9. The van der Waals surface area contributed by atoms with Gasteiger partial charge >= 0.3 is 0 Å². The van der Waals surface area contributed by atoms with Crippen molar-refractivity contribution in [2.45, 2.75) is 19.4 Å². The molecule has 5 rings (SSSR count). The first kappa shape index (κ1) is 18.5. The first-order chi connectivity index (χ1) is 14.7. The molecular formula is C22H22N4O4. The second-order valence-electron chi connectivity index (χ2n) is 7.43. The molecule has 0 aliphatic carbocycles. The number of aromatic nitrogens is 2. The lowest BCUT2D eigenvalue weighted by Crippen LogP contribution is -2.32. The molecule has 154 valence electrons. The van der Waals surface area contributed by atoms with Gasteiger partial charge < -0.3 is 19.7 Å². The Balaban J connectivity index is 1.42. The van der Waals surface area contributed by atoms with E-state index in [1.807, 2.05) is 18.2 Å². The van der Waals surface area contributed by atoms with Crippen molar-refractivity contribution in [1.29, 1.82) is 0 Å². The van der Waals surface area contributed by atoms with Gasteiger partial charge in [0.25, 0.3) is 5.56 Å². The number of ether oxygens (including phenoxy) is 2. The van der Waals surface area contributed by atoms with E-state index >= 15 is 0 Å². The molecule has 1 fully saturated rings. The van der Waals surface area contributed by atoms with Crippen molar-refractivity contribution in [2.75, 3.05) is 36.5 Å². The summed E-state index contributed by atoms with van der Waals surface area (Å²) in [6, 6.07) is 12.7. The highest BCUT2D eigenvalue weighted by atomic mass is 16.6. The minimum absolute atomic E-state index is 0.168. The number of anilines is 2. The van der Waals surface area contributed by atoms with E-state index in [0.717, 1.165) is 37.1 Å². The van der Waals surface area contributed by atoms with Gasteiger partial charge in [0.15, 0.2) is 17.3 Å². The van der Waals surface area contributed by atoms with Gasteiger partial charge in [-0.3, -0.25) is 9.59 Å². The highest BCUT2D eigenvalue weighted by Gasteiger charge is 2.20. The van der Waals surface area contributed by atoms with E-state index in [0.29, 0.717) is 35.8 Å². The standard InChI is InChI=1S/C22H22N4O4/c27-20(23-15-7-8-18-19(13-15)30-12-11-29-18)14-26-22(28)17-6-2-1-5-16(17)21(24-26)25-9-3-4-10-25/h1-2,5-8,13H,3-4,9-12,14H2,(H,23,27). The van der Waals surface area contributed by atoms with Crippen LogP contribution in [0.15, 0.2) is 47.3 Å². The van der Waals surface area contributed by atoms with Gasteiger partial charge in [-0.25, -0.2) is 4.68 Å². The van der Waals surface area contributed by atoms with Gasteiger partial charge in [0.05, 0.1) is 5.39 Å². The van der Waals surface area contributed by atoms with Gasteiger partial charge in [0.2, 0.25) is 5.91 Å². The molecule has 1 N–H and O–H groups in total. The lowest BCUT2D eigenvalue weighted by molar-refractivity contribution is -0.117. The molecule has 8 heteroatoms. The van der Waals surface area contributed by atoms with Crippen molar-refractivity contribution in [3.05, 3.63) is 52.8 Å². The van der Waals surface area contributed by atoms with Crippen LogP contribution in [0.1, 0.15) is 12.8 Å². The van der Waals surface area contributed by atoms with Crippen LogP contribution in [0.2, 0.25) is 0 Å². The molecule has 8 nitrogen and oxygen atoms in total. The van der Waals surface area contributed by atoms with E-state index in [1.165, 1.54) is 4.68 Å². The minimum atomic E-state index is -0.330. The number of carbonyl (C=O) groups is 1. The van der Waals surface area contributed by atoms with Crippen LogP contribution in [0.4, 0.5) is 11.5 Å². The van der Waals surface area contributed by atoms with Crippen molar-refractivity contribution < 1.29 is 14.3 Å². The lowest BCUT2D eigenvalue weighted by atomic mass is 10.2. The molecule has 3 aromatic rings. The summed E-state index contributed by atoms with van der Waals surface area (Å²) in [6.45, 7) is 2.62. The molecule has 0 radical (unpaired) electrons. The summed E-state index contributed by atoms with van der Waals surface area (Å²) in [7, 11) is 0. The summed E-state index contributed by atoms with van der Waals surface area (Å²) in [5, 5.41) is 8.77. The van der Waals surface area contributed by atoms with Crippen LogP contribution in [-0.2, 0) is 11.3 Å². The van der Waals surface area contributed by atoms with Crippen LogP contribution in [0.3, 0.4) is 0 Å². The number of benzene rings is 2. The Morgan fingerprint density at radius 1 is 1.00 bits per heavy atom. The van der Waals surface area contributed by atoms with Crippen LogP contribution in [0, 0.1) is 0 Å². The average Bonchev–Trinajstić information content (AvgIpc) is 3.30. The highest BCUT2D eigenvalue weighted by molar-refractivity contribution is 5.93. The fraction of sp³-hybridized carbons (Fsp3) is 0.318. The second kappa shape index (κ2) is 7.70. The Morgan fingerprint density at radius 2 is 1.73 bits per heavy atom. The highest BCUT2D eigenvalue weighted by Crippen LogP contribution is 2.32. The molecule has 2 aromatic carbocycles. The molecule has 30 heavy (non-hydrogen) atoms. The summed E-state index contributed by atoms with van der Waals surface area (Å²) < 4.78 is 12.3. The number of amides is 1. The smallest absolute Gasteiger partial charge is 0.275 e. The zero-order chi connectivity index (χ0) is 20.5. The largest absolute Gasteiger partial charge is 0.486 e. The molecule has 1 aromatic heterocycles. The summed E-state index contributed by atoms with van der Waals surface area (Å²) in [4.78, 5) is 27.8. The first-order valence-electron chi connectivity index (χ1n) is 10.1. The van der Waals surface area contributed by atoms with Crippen LogP contribution in [-0.4, -0.2) is 42.0 Å². The van der Waals surface area contributed by atoms with Crippen molar-refractivity contribution in [3.63, 3.8) is 0 Å². The van der Waals surface area contributed by atoms with E-state index in [4.69, 9.17) is 9.47 Å². The quantitative estimate of drug-likeness (QED) is 0.716. The molecule has 1 saturated heterocycles. The zero-order valence-corrected chi connectivity index (χ0v) is 16.5. The molecule has 0 saturated carbocycles. The molecule has 3 heterocycles. The predicted molar refractivity (Wildman–Crippen MR) is 114 cm³/mol. The topological polar surface area (TPSA) is 85.7 Å². The summed E-state index contributed by atoms with van der Waals surface area (Å²) in [5.74, 6) is 1.68. The second-order valence-corrected chi connectivity index (χ2v) is 7.43. The Morgan fingerprint density at radius 3 is 2.53 bits per heavy atom. The number of hydrogen-bond acceptors (Lipinski definition) is 6. The van der Waals surface area contributed by atoms with Crippen molar-refractivity contribution in [3.8, 4) is 11.5 Å². The predicted octanol–water partition coefficient (Wildman–Crippen LogP) is 2.41. The van der Waals surface area contributed by atoms with Gasteiger partial charge in [-0.1, -0.05) is 18.2 Å². The molecule has 1 amide bonds. The molecule has 0 spiro atoms. The van der Waals surface area contributed by atoms with E-state index in [2.05, 4.69) is 15.3 Å². The lowest BCUT2D eigenvalue weighted by Gasteiger charge is -2.20. The van der Waals surface area contributed by atoms with Crippen LogP contribution in [0.5, 0.6) is 11.5 Å². The van der Waals surface area contributed by atoms with Gasteiger partial charge in [-0.2, -0.15) is 5.10 Å². The third-order valence-corrected chi connectivity index (χ3v) is 5.37. The zero-order valence-electron chi connectivity index (χ0n) is 16.5. The number of fused-ring (bicyclic) bond motifs is 2. The fourth-order valence-corrected chi connectivity index (χ4v) is 3.94. The molecular weight excluding hydrogens is 384 g/mol. The number of carbonyl (C=O) groups excluding carboxylic acids is 1. The number of nitrogens with zero attached hydrogens (tertiary/aromatic N) is 3. The molecule has 0 unspecified atom stereocenters. The fourth-order valence-electron chi connectivity index (χ4n) is 3.94. The Hall–Kier alpha value is -3.55. The number of hydrogen-bond donors (Lipinski definition) is 1. The van der Waals surface area contributed by atoms with Crippen molar-refractivity contribution in [1.82, 2.24) is 9.78 Å².